The summed E-state index contributed by atoms with van der Waals surface area (Å²) in [5, 5.41) is 5.38. The Hall–Kier alpha value is -4.87. The van der Waals surface area contributed by atoms with Gasteiger partial charge in [0.2, 0.25) is 21.8 Å². The molecule has 5 amide bonds. The lowest BCUT2D eigenvalue weighted by Crippen LogP contribution is -2.58. The molecule has 14 nitrogen and oxygen atoms in total. The van der Waals surface area contributed by atoms with Gasteiger partial charge in [0.15, 0.2) is 0 Å². The summed E-state index contributed by atoms with van der Waals surface area (Å²) in [5.41, 5.74) is -1.84. The van der Waals surface area contributed by atoms with Gasteiger partial charge < -0.3 is 25.0 Å². The van der Waals surface area contributed by atoms with E-state index in [1.165, 1.54) is 21.9 Å². The van der Waals surface area contributed by atoms with Gasteiger partial charge in [0.1, 0.15) is 46.8 Å². The Morgan fingerprint density at radius 2 is 1.65 bits per heavy atom. The molecule has 0 radical (unpaired) electrons. The zero-order chi connectivity index (χ0) is 41.3. The van der Waals surface area contributed by atoms with Crippen molar-refractivity contribution >= 4 is 39.9 Å². The van der Waals surface area contributed by atoms with Gasteiger partial charge in [0.05, 0.1) is 18.8 Å². The number of rotatable bonds is 6. The normalized spacial score (nSPS) is 25.5. The van der Waals surface area contributed by atoms with Crippen molar-refractivity contribution in [3.63, 3.8) is 0 Å². The summed E-state index contributed by atoms with van der Waals surface area (Å²) in [6.45, 7) is 4.79. The summed E-state index contributed by atoms with van der Waals surface area (Å²) in [4.78, 5) is 71.4. The molecular formula is C39H48F3N5O9S. The highest BCUT2D eigenvalue weighted by Crippen LogP contribution is 2.48. The molecule has 1 aliphatic carbocycles. The van der Waals surface area contributed by atoms with Gasteiger partial charge in [-0.2, -0.15) is 0 Å². The van der Waals surface area contributed by atoms with Gasteiger partial charge in [-0.25, -0.2) is 31.2 Å². The van der Waals surface area contributed by atoms with Crippen molar-refractivity contribution in [2.75, 3.05) is 6.54 Å². The summed E-state index contributed by atoms with van der Waals surface area (Å²) < 4.78 is 81.6. The van der Waals surface area contributed by atoms with E-state index in [0.29, 0.717) is 42.9 Å². The molecule has 0 bridgehead atoms. The molecule has 2 aromatic carbocycles. The van der Waals surface area contributed by atoms with Crippen molar-refractivity contribution in [2.24, 2.45) is 5.92 Å². The average molecular weight is 820 g/mol. The Labute approximate surface area is 329 Å². The summed E-state index contributed by atoms with van der Waals surface area (Å²) in [6.07, 6.45) is 1.31. The van der Waals surface area contributed by atoms with Crippen LogP contribution in [0.1, 0.15) is 95.2 Å². The highest BCUT2D eigenvalue weighted by atomic mass is 32.2. The summed E-state index contributed by atoms with van der Waals surface area (Å²) in [6, 6.07) is 4.32. The lowest BCUT2D eigenvalue weighted by atomic mass is 10.0. The van der Waals surface area contributed by atoms with Crippen LogP contribution in [0.25, 0.3) is 0 Å². The van der Waals surface area contributed by atoms with E-state index in [1.54, 1.807) is 26.8 Å². The smallest absolute Gasteiger partial charge is 0.410 e. The summed E-state index contributed by atoms with van der Waals surface area (Å²) in [5.74, 6) is -6.34. The second-order valence-electron chi connectivity index (χ2n) is 16.4. The number of hydrogen-bond acceptors (Lipinski definition) is 9. The molecule has 1 saturated carbocycles. The van der Waals surface area contributed by atoms with Crippen LogP contribution in [0.15, 0.2) is 36.4 Å². The maximum atomic E-state index is 14.5. The van der Waals surface area contributed by atoms with Crippen LogP contribution in [-0.2, 0) is 52.7 Å². The Morgan fingerprint density at radius 1 is 0.965 bits per heavy atom. The number of amides is 5. The standard InChI is InChI=1S/C39H48F3N5O9S/c1-38(2,3)56-36(51)43-31-13-8-6-4-5-7-11-25-18-39(25,35(50)45-57(53,54)22-23-14-26(40)16-27(41)15-23)44-33(48)32-17-28(20-47(32)34(31)49)55-37(52)46-19-24-10-9-12-30(42)29(24)21-46/h9-10,12,14-16,25,28,31-32H,4-8,11,13,17-22H2,1-3H3,(H,43,51)(H,44,48)(H,45,50)/t25-,28+,31-,32-,39+/m0/s1. The lowest BCUT2D eigenvalue weighted by Gasteiger charge is -2.30. The number of carbonyl (C=O) groups excluding carboxylic acids is 5. The Balaban J connectivity index is 1.25. The third kappa shape index (κ3) is 10.2. The second-order valence-corrected chi connectivity index (χ2v) is 18.1. The Morgan fingerprint density at radius 3 is 2.33 bits per heavy atom. The monoisotopic (exact) mass is 819 g/mol. The minimum atomic E-state index is -4.51. The fourth-order valence-corrected chi connectivity index (χ4v) is 9.07. The fraction of sp³-hybridized carbons (Fsp3) is 0.564. The van der Waals surface area contributed by atoms with Crippen molar-refractivity contribution in [2.45, 2.75) is 127 Å². The van der Waals surface area contributed by atoms with E-state index in [1.807, 2.05) is 4.72 Å². The zero-order valence-electron chi connectivity index (χ0n) is 32.1. The van der Waals surface area contributed by atoms with Gasteiger partial charge >= 0.3 is 12.2 Å². The van der Waals surface area contributed by atoms with E-state index in [2.05, 4.69) is 10.6 Å². The summed E-state index contributed by atoms with van der Waals surface area (Å²) in [7, 11) is -4.51. The first-order chi connectivity index (χ1) is 26.8. The van der Waals surface area contributed by atoms with Gasteiger partial charge in [-0.05, 0) is 75.3 Å². The number of nitrogens with zero attached hydrogens (tertiary/aromatic N) is 2. The van der Waals surface area contributed by atoms with Gasteiger partial charge in [-0.1, -0.05) is 44.2 Å². The average Bonchev–Trinajstić information content (AvgIpc) is 3.39. The predicted molar refractivity (Wildman–Crippen MR) is 198 cm³/mol. The van der Waals surface area contributed by atoms with Crippen LogP contribution in [0.4, 0.5) is 22.8 Å². The van der Waals surface area contributed by atoms with Gasteiger partial charge in [0, 0.05) is 24.6 Å². The van der Waals surface area contributed by atoms with Crippen LogP contribution in [0.5, 0.6) is 0 Å². The van der Waals surface area contributed by atoms with E-state index in [4.69, 9.17) is 9.47 Å². The van der Waals surface area contributed by atoms with Crippen molar-refractivity contribution in [1.82, 2.24) is 25.2 Å². The van der Waals surface area contributed by atoms with Crippen LogP contribution < -0.4 is 15.4 Å². The first kappa shape index (κ1) is 41.8. The van der Waals surface area contributed by atoms with Gasteiger partial charge in [-0.15, -0.1) is 0 Å². The van der Waals surface area contributed by atoms with Crippen LogP contribution >= 0.6 is 0 Å². The largest absolute Gasteiger partial charge is 0.444 e. The number of fused-ring (bicyclic) bond motifs is 3. The lowest BCUT2D eigenvalue weighted by molar-refractivity contribution is -0.141. The molecule has 3 fully saturated rings. The minimum Gasteiger partial charge on any atom is -0.444 e. The Bertz CT molecular complexity index is 2010. The number of halogens is 3. The highest BCUT2D eigenvalue weighted by molar-refractivity contribution is 7.89. The summed E-state index contributed by atoms with van der Waals surface area (Å²) >= 11 is 0. The van der Waals surface area contributed by atoms with E-state index in [0.717, 1.165) is 25.0 Å². The molecule has 310 valence electrons. The number of nitrogens with one attached hydrogen (secondary N) is 3. The molecule has 2 aromatic rings. The molecule has 6 rings (SSSR count). The van der Waals surface area contributed by atoms with E-state index in [9.17, 15) is 45.6 Å². The van der Waals surface area contributed by atoms with Crippen LogP contribution in [-0.4, -0.2) is 84.0 Å². The maximum Gasteiger partial charge on any atom is 0.410 e. The predicted octanol–water partition coefficient (Wildman–Crippen LogP) is 4.68. The molecule has 0 spiro atoms. The quantitative estimate of drug-likeness (QED) is 0.373. The minimum absolute atomic E-state index is 0.0436. The van der Waals surface area contributed by atoms with Crippen LogP contribution in [0.2, 0.25) is 0 Å². The first-order valence-electron chi connectivity index (χ1n) is 19.2. The molecule has 3 heterocycles. The Kier molecular flexibility index (Phi) is 12.1. The van der Waals surface area contributed by atoms with Crippen molar-refractivity contribution in [1.29, 1.82) is 0 Å². The molecule has 4 aliphatic rings. The topological polar surface area (TPSA) is 181 Å². The van der Waals surface area contributed by atoms with E-state index >= 15 is 0 Å². The molecule has 18 heteroatoms. The van der Waals surface area contributed by atoms with Crippen LogP contribution in [0, 0.1) is 23.4 Å². The molecule has 57 heavy (non-hydrogen) atoms. The van der Waals surface area contributed by atoms with E-state index < -0.39 is 98.4 Å². The first-order valence-corrected chi connectivity index (χ1v) is 20.8. The molecule has 3 aliphatic heterocycles. The maximum absolute atomic E-state index is 14.5. The van der Waals surface area contributed by atoms with E-state index in [-0.39, 0.29) is 44.5 Å². The third-order valence-corrected chi connectivity index (χ3v) is 11.9. The third-order valence-electron chi connectivity index (χ3n) is 10.7. The zero-order valence-corrected chi connectivity index (χ0v) is 32.9. The number of sulfonamides is 1. The number of ether oxygens (including phenoxy) is 2. The molecule has 2 saturated heterocycles. The van der Waals surface area contributed by atoms with Crippen molar-refractivity contribution < 1.29 is 55.0 Å². The molecular weight excluding hydrogens is 772 g/mol. The number of hydrogen-bond donors (Lipinski definition) is 3. The highest BCUT2D eigenvalue weighted by Gasteiger charge is 2.62. The van der Waals surface area contributed by atoms with Gasteiger partial charge in [0.25, 0.3) is 5.91 Å². The number of carbonyl (C=O) groups is 5. The van der Waals surface area contributed by atoms with Crippen LogP contribution in [0.3, 0.4) is 0 Å². The van der Waals surface area contributed by atoms with Crippen molar-refractivity contribution in [3.8, 4) is 0 Å². The number of benzene rings is 2. The molecule has 3 N–H and O–H groups in total. The van der Waals surface area contributed by atoms with Gasteiger partial charge in [-0.3, -0.25) is 24.0 Å². The number of alkyl carbamates (subject to hydrolysis) is 1. The fourth-order valence-electron chi connectivity index (χ4n) is 7.93. The molecule has 0 unspecified atom stereocenters. The van der Waals surface area contributed by atoms with Crippen molar-refractivity contribution in [3.05, 3.63) is 70.5 Å². The molecule has 5 atom stereocenters. The SMILES string of the molecule is CC(C)(C)OC(=O)N[C@H]1CCCCCCC[C@H]2C[C@@]2(C(=O)NS(=O)(=O)Cc2cc(F)cc(F)c2)NC(=O)[C@@H]2C[C@@H](OC(=O)N3Cc4cccc(F)c4C3)CN2C1=O. The second kappa shape index (κ2) is 16.5. The molecule has 0 aromatic heterocycles.